The standard InChI is InChI=1S/C64H112O4/c1-19-22-27-58(13,38-40-67-41-39-64(66,21-3)37-32-54(5,6)7)60(15)36-34-57(12)30-26-46-47-43-48(50(46)57)52(60)51(47)56(10,11)62(17,28-23-20-2)61(16)35-33-55(8,9)29-24-44(4)63(18)45-25-31-59(63,14)49(42-45)68-53(61)65/h26,30,44-52,66H,19-25,27-29,31-43H2,1-18H3. The lowest BCUT2D eigenvalue weighted by Gasteiger charge is -2.64. The number of aliphatic hydroxyl groups is 1. The molecule has 0 aromatic rings. The first-order valence-electron chi connectivity index (χ1n) is 29.6. The van der Waals surface area contributed by atoms with Crippen molar-refractivity contribution in [2.24, 2.45) is 101 Å². The van der Waals surface area contributed by atoms with Crippen molar-refractivity contribution < 1.29 is 19.4 Å². The number of ether oxygens (including phenoxy) is 2. The van der Waals surface area contributed by atoms with Gasteiger partial charge in [-0.05, 0) is 207 Å². The van der Waals surface area contributed by atoms with E-state index in [2.05, 4.69) is 137 Å². The van der Waals surface area contributed by atoms with Crippen molar-refractivity contribution in [1.29, 1.82) is 0 Å². The predicted molar refractivity (Wildman–Crippen MR) is 286 cm³/mol. The van der Waals surface area contributed by atoms with E-state index in [0.29, 0.717) is 54.5 Å². The molecule has 1 heterocycles. The van der Waals surface area contributed by atoms with Gasteiger partial charge in [0.2, 0.25) is 0 Å². The average molecular weight is 946 g/mol. The smallest absolute Gasteiger partial charge is 0.312 e. The van der Waals surface area contributed by atoms with Crippen molar-refractivity contribution in [3.63, 3.8) is 0 Å². The summed E-state index contributed by atoms with van der Waals surface area (Å²) in [5, 5.41) is 11.7. The first kappa shape index (κ1) is 54.9. The number of fused-ring (bicyclic) bond motifs is 2. The van der Waals surface area contributed by atoms with Crippen LogP contribution in [0, 0.1) is 101 Å². The first-order chi connectivity index (χ1) is 31.4. The van der Waals surface area contributed by atoms with Crippen LogP contribution in [0.3, 0.4) is 0 Å². The van der Waals surface area contributed by atoms with Gasteiger partial charge in [-0.15, -0.1) is 0 Å². The van der Waals surface area contributed by atoms with E-state index in [4.69, 9.17) is 9.47 Å². The van der Waals surface area contributed by atoms with Crippen LogP contribution in [0.5, 0.6) is 0 Å². The Hall–Kier alpha value is -0.870. The van der Waals surface area contributed by atoms with Crippen molar-refractivity contribution in [2.45, 2.75) is 271 Å². The third kappa shape index (κ3) is 8.73. The van der Waals surface area contributed by atoms with Crippen LogP contribution in [0.4, 0.5) is 0 Å². The van der Waals surface area contributed by atoms with E-state index in [0.717, 1.165) is 76.7 Å². The zero-order valence-corrected chi connectivity index (χ0v) is 48.3. The highest BCUT2D eigenvalue weighted by Gasteiger charge is 2.75. The summed E-state index contributed by atoms with van der Waals surface area (Å²) < 4.78 is 14.1. The van der Waals surface area contributed by atoms with Gasteiger partial charge in [0.15, 0.2) is 0 Å². The molecule has 0 amide bonds. The maximum atomic E-state index is 16.1. The fourth-order valence-corrected chi connectivity index (χ4v) is 19.3. The molecule has 0 aromatic heterocycles. The molecule has 1 N–H and O–H groups in total. The summed E-state index contributed by atoms with van der Waals surface area (Å²) >= 11 is 0. The Balaban J connectivity index is 1.27. The van der Waals surface area contributed by atoms with E-state index in [9.17, 15) is 5.11 Å². The Morgan fingerprint density at radius 1 is 0.721 bits per heavy atom. The van der Waals surface area contributed by atoms with Crippen molar-refractivity contribution in [2.75, 3.05) is 13.2 Å². The van der Waals surface area contributed by atoms with Gasteiger partial charge in [0.05, 0.1) is 11.0 Å². The van der Waals surface area contributed by atoms with Gasteiger partial charge in [-0.3, -0.25) is 4.79 Å². The Morgan fingerprint density at radius 3 is 2.03 bits per heavy atom. The van der Waals surface area contributed by atoms with Gasteiger partial charge in [0.25, 0.3) is 0 Å². The summed E-state index contributed by atoms with van der Waals surface area (Å²) in [5.41, 5.74) is -0.555. The van der Waals surface area contributed by atoms with Crippen LogP contribution in [0.1, 0.15) is 259 Å². The fraction of sp³-hybridized carbons (Fsp3) is 0.953. The molecule has 1 saturated heterocycles. The van der Waals surface area contributed by atoms with E-state index >= 15 is 4.79 Å². The van der Waals surface area contributed by atoms with Gasteiger partial charge in [-0.1, -0.05) is 156 Å². The maximum Gasteiger partial charge on any atom is 0.312 e. The van der Waals surface area contributed by atoms with Crippen molar-refractivity contribution >= 4 is 5.97 Å². The zero-order valence-electron chi connectivity index (χ0n) is 48.3. The number of rotatable bonds is 19. The van der Waals surface area contributed by atoms with E-state index in [1.165, 1.54) is 64.2 Å². The summed E-state index contributed by atoms with van der Waals surface area (Å²) in [7, 11) is 0. The topological polar surface area (TPSA) is 55.8 Å². The minimum atomic E-state index is -0.657. The summed E-state index contributed by atoms with van der Waals surface area (Å²) in [5.74, 6) is 5.23. The van der Waals surface area contributed by atoms with Crippen molar-refractivity contribution in [3.8, 4) is 0 Å². The predicted octanol–water partition coefficient (Wildman–Crippen LogP) is 17.6. The minimum Gasteiger partial charge on any atom is -0.461 e. The van der Waals surface area contributed by atoms with Gasteiger partial charge in [-0.25, -0.2) is 0 Å². The van der Waals surface area contributed by atoms with Crippen LogP contribution in [0.25, 0.3) is 0 Å². The Labute approximate surface area is 421 Å². The summed E-state index contributed by atoms with van der Waals surface area (Å²) in [6, 6.07) is 0. The molecule has 0 spiro atoms. The van der Waals surface area contributed by atoms with Gasteiger partial charge in [0, 0.05) is 18.6 Å². The molecule has 17 unspecified atom stereocenters. The van der Waals surface area contributed by atoms with Crippen LogP contribution in [-0.2, 0) is 14.3 Å². The molecule has 7 rings (SSSR count). The molecule has 4 nitrogen and oxygen atoms in total. The van der Waals surface area contributed by atoms with Crippen LogP contribution in [0.2, 0.25) is 0 Å². The number of hydrogen-bond donors (Lipinski definition) is 1. The number of carbonyl (C=O) groups excluding carboxylic acids is 1. The Bertz CT molecular complexity index is 1810. The normalized spacial score (nSPS) is 43.6. The molecule has 5 saturated carbocycles. The molecule has 0 aromatic carbocycles. The van der Waals surface area contributed by atoms with Crippen LogP contribution in [-0.4, -0.2) is 36.0 Å². The second-order valence-corrected chi connectivity index (χ2v) is 30.6. The number of carbonyl (C=O) groups is 1. The van der Waals surface area contributed by atoms with E-state index in [-0.39, 0.29) is 60.8 Å². The molecule has 6 fully saturated rings. The maximum absolute atomic E-state index is 16.1. The van der Waals surface area contributed by atoms with Gasteiger partial charge in [-0.2, -0.15) is 0 Å². The third-order valence-corrected chi connectivity index (χ3v) is 25.7. The molecule has 6 bridgehead atoms. The number of unbranched alkanes of at least 4 members (excludes halogenated alkanes) is 2. The number of hydrogen-bond acceptors (Lipinski definition) is 4. The van der Waals surface area contributed by atoms with Gasteiger partial charge < -0.3 is 14.6 Å². The summed E-state index contributed by atoms with van der Waals surface area (Å²) in [6.07, 6.45) is 28.8. The lowest BCUT2D eigenvalue weighted by molar-refractivity contribution is -0.202. The second-order valence-electron chi connectivity index (χ2n) is 30.6. The van der Waals surface area contributed by atoms with E-state index in [1.54, 1.807) is 0 Å². The van der Waals surface area contributed by atoms with Crippen molar-refractivity contribution in [3.05, 3.63) is 12.2 Å². The zero-order chi connectivity index (χ0) is 50.4. The van der Waals surface area contributed by atoms with Crippen LogP contribution in [0.15, 0.2) is 12.2 Å². The van der Waals surface area contributed by atoms with Gasteiger partial charge in [0.1, 0.15) is 6.10 Å². The highest BCUT2D eigenvalue weighted by molar-refractivity contribution is 5.78. The average Bonchev–Trinajstić information content (AvgIpc) is 4.05. The molecule has 6 aliphatic carbocycles. The minimum absolute atomic E-state index is 0.0157. The highest BCUT2D eigenvalue weighted by Crippen LogP contribution is 2.80. The quantitative estimate of drug-likeness (QED) is 0.0796. The second kappa shape index (κ2) is 18.8. The molecule has 7 aliphatic rings. The number of esters is 1. The van der Waals surface area contributed by atoms with Crippen LogP contribution >= 0.6 is 0 Å². The van der Waals surface area contributed by atoms with Gasteiger partial charge >= 0.3 is 5.97 Å². The van der Waals surface area contributed by atoms with Crippen molar-refractivity contribution in [1.82, 2.24) is 0 Å². The third-order valence-electron chi connectivity index (χ3n) is 25.7. The Morgan fingerprint density at radius 2 is 1.38 bits per heavy atom. The monoisotopic (exact) mass is 945 g/mol. The van der Waals surface area contributed by atoms with E-state index in [1.807, 2.05) is 0 Å². The molecule has 17 atom stereocenters. The molecule has 0 radical (unpaired) electrons. The molecular weight excluding hydrogens is 833 g/mol. The van der Waals surface area contributed by atoms with Crippen LogP contribution < -0.4 is 0 Å². The summed E-state index contributed by atoms with van der Waals surface area (Å²) in [6.45, 7) is 46.6. The lowest BCUT2D eigenvalue weighted by Crippen LogP contribution is -2.61. The molecular formula is C64H112O4. The molecule has 68 heavy (non-hydrogen) atoms. The fourth-order valence-electron chi connectivity index (χ4n) is 19.3. The SMILES string of the molecule is CCCCC(C)(CCOCCC(O)(CC)CCC(C)(C)C)C1(C)CCC2(C)C=CC3C4CC(C32)C1C4C(C)(C)C(C)(CCCC)C1(C)CCC(C)(C)CCC(C)C2(C)C3CCC2(C)C(C3)OC1=O. The lowest BCUT2D eigenvalue weighted by atomic mass is 9.40. The largest absolute Gasteiger partial charge is 0.461 e. The first-order valence-corrected chi connectivity index (χ1v) is 29.6. The Kier molecular flexibility index (Phi) is 15.2. The number of allylic oxidation sites excluding steroid dienone is 2. The molecule has 1 aliphatic heterocycles. The summed E-state index contributed by atoms with van der Waals surface area (Å²) in [4.78, 5) is 16.1. The molecule has 392 valence electrons. The van der Waals surface area contributed by atoms with E-state index < -0.39 is 11.0 Å². The highest BCUT2D eigenvalue weighted by atomic mass is 16.5. The molecule has 4 heteroatoms.